The van der Waals surface area contributed by atoms with Gasteiger partial charge in [0.1, 0.15) is 5.82 Å². The number of halogens is 1. The van der Waals surface area contributed by atoms with Gasteiger partial charge in [-0.25, -0.2) is 4.39 Å². The van der Waals surface area contributed by atoms with Gasteiger partial charge in [-0.05, 0) is 47.4 Å². The molecule has 4 rings (SSSR count). The van der Waals surface area contributed by atoms with Crippen molar-refractivity contribution in [3.63, 3.8) is 0 Å². The van der Waals surface area contributed by atoms with Gasteiger partial charge in [0.2, 0.25) is 5.91 Å². The standard InChI is InChI=1S/C27H26FN3O2/c1-2-12-30-13-14-31(26(32)22-8-4-10-25(28)17-22)19-24(27(30)33)16-20-6-3-7-21(15-20)23-9-5-11-29-18-23/h2-11,15,17-18,24H,1,12-14,16,19H2/t24-/m1/s1. The molecule has 0 saturated carbocycles. The third kappa shape index (κ3) is 5.34. The zero-order valence-electron chi connectivity index (χ0n) is 18.4. The van der Waals surface area contributed by atoms with Gasteiger partial charge >= 0.3 is 0 Å². The van der Waals surface area contributed by atoms with Crippen molar-refractivity contribution in [3.8, 4) is 11.1 Å². The summed E-state index contributed by atoms with van der Waals surface area (Å²) in [6.07, 6.45) is 5.73. The SMILES string of the molecule is C=CCN1CCN(C(=O)c2cccc(F)c2)C[C@@H](Cc2cccc(-c3cccnc3)c2)C1=O. The molecule has 2 amide bonds. The summed E-state index contributed by atoms with van der Waals surface area (Å²) in [6, 6.07) is 17.6. The predicted molar refractivity (Wildman–Crippen MR) is 126 cm³/mol. The summed E-state index contributed by atoms with van der Waals surface area (Å²) >= 11 is 0. The molecule has 0 bridgehead atoms. The Hall–Kier alpha value is -3.80. The van der Waals surface area contributed by atoms with Gasteiger partial charge in [-0.1, -0.05) is 42.5 Å². The summed E-state index contributed by atoms with van der Waals surface area (Å²) in [5.41, 5.74) is 3.32. The molecule has 3 aromatic rings. The number of amides is 2. The quantitative estimate of drug-likeness (QED) is 0.536. The number of carbonyl (C=O) groups is 2. The molecule has 1 aromatic heterocycles. The molecule has 1 fully saturated rings. The van der Waals surface area contributed by atoms with Crippen LogP contribution in [0.25, 0.3) is 11.1 Å². The second kappa shape index (κ2) is 10.2. The van der Waals surface area contributed by atoms with Gasteiger partial charge in [0.15, 0.2) is 0 Å². The molecule has 0 N–H and O–H groups in total. The maximum atomic E-state index is 13.7. The Morgan fingerprint density at radius 1 is 1.09 bits per heavy atom. The van der Waals surface area contributed by atoms with Crippen LogP contribution in [0.5, 0.6) is 0 Å². The summed E-state index contributed by atoms with van der Waals surface area (Å²) in [4.78, 5) is 34.0. The zero-order valence-corrected chi connectivity index (χ0v) is 18.4. The van der Waals surface area contributed by atoms with Crippen molar-refractivity contribution in [2.24, 2.45) is 5.92 Å². The van der Waals surface area contributed by atoms with Crippen LogP contribution in [0.15, 0.2) is 85.7 Å². The number of aromatic nitrogens is 1. The number of hydrogen-bond acceptors (Lipinski definition) is 3. The summed E-state index contributed by atoms with van der Waals surface area (Å²) in [7, 11) is 0. The monoisotopic (exact) mass is 443 g/mol. The van der Waals surface area contributed by atoms with Crippen LogP contribution in [0, 0.1) is 11.7 Å². The van der Waals surface area contributed by atoms with Crippen molar-refractivity contribution in [3.05, 3.63) is 103 Å². The largest absolute Gasteiger partial charge is 0.337 e. The average molecular weight is 444 g/mol. The van der Waals surface area contributed by atoms with E-state index >= 15 is 0 Å². The molecule has 1 saturated heterocycles. The Morgan fingerprint density at radius 3 is 2.67 bits per heavy atom. The van der Waals surface area contributed by atoms with Gasteiger partial charge in [-0.15, -0.1) is 6.58 Å². The molecular formula is C27H26FN3O2. The summed E-state index contributed by atoms with van der Waals surface area (Å²) in [5.74, 6) is -1.13. The van der Waals surface area contributed by atoms with E-state index in [2.05, 4.69) is 17.6 Å². The predicted octanol–water partition coefficient (Wildman–Crippen LogP) is 4.22. The lowest BCUT2D eigenvalue weighted by Gasteiger charge is -2.24. The minimum atomic E-state index is -0.455. The number of benzene rings is 2. The Bertz CT molecular complexity index is 1150. The molecule has 0 aliphatic carbocycles. The number of rotatable bonds is 6. The first-order chi connectivity index (χ1) is 16.0. The Balaban J connectivity index is 1.59. The van der Waals surface area contributed by atoms with E-state index < -0.39 is 11.7 Å². The number of nitrogens with zero attached hydrogens (tertiary/aromatic N) is 3. The fourth-order valence-electron chi connectivity index (χ4n) is 4.22. The molecule has 5 nitrogen and oxygen atoms in total. The number of pyridine rings is 1. The van der Waals surface area contributed by atoms with E-state index in [1.807, 2.05) is 30.3 Å². The van der Waals surface area contributed by atoms with Crippen LogP contribution in [0.2, 0.25) is 0 Å². The van der Waals surface area contributed by atoms with Gasteiger partial charge in [0.25, 0.3) is 5.91 Å². The lowest BCUT2D eigenvalue weighted by molar-refractivity contribution is -0.134. The average Bonchev–Trinajstić information content (AvgIpc) is 2.99. The summed E-state index contributed by atoms with van der Waals surface area (Å²) in [6.45, 7) is 5.27. The van der Waals surface area contributed by atoms with Gasteiger partial charge in [-0.3, -0.25) is 14.6 Å². The van der Waals surface area contributed by atoms with Gasteiger partial charge in [0.05, 0.1) is 5.92 Å². The molecule has 2 aromatic carbocycles. The van der Waals surface area contributed by atoms with Crippen LogP contribution in [0.3, 0.4) is 0 Å². The van der Waals surface area contributed by atoms with E-state index in [-0.39, 0.29) is 23.9 Å². The first kappa shape index (κ1) is 22.4. The zero-order chi connectivity index (χ0) is 23.2. The first-order valence-electron chi connectivity index (χ1n) is 11.0. The van der Waals surface area contributed by atoms with Crippen LogP contribution >= 0.6 is 0 Å². The highest BCUT2D eigenvalue weighted by atomic mass is 19.1. The van der Waals surface area contributed by atoms with Crippen molar-refractivity contribution in [2.75, 3.05) is 26.2 Å². The molecule has 2 heterocycles. The van der Waals surface area contributed by atoms with Crippen LogP contribution in [-0.2, 0) is 11.2 Å². The Kier molecular flexibility index (Phi) is 6.93. The molecule has 168 valence electrons. The van der Waals surface area contributed by atoms with E-state index in [0.717, 1.165) is 16.7 Å². The Morgan fingerprint density at radius 2 is 1.91 bits per heavy atom. The highest BCUT2D eigenvalue weighted by molar-refractivity contribution is 5.95. The first-order valence-corrected chi connectivity index (χ1v) is 11.0. The maximum Gasteiger partial charge on any atom is 0.254 e. The highest BCUT2D eigenvalue weighted by Gasteiger charge is 2.32. The molecule has 1 atom stereocenters. The van der Waals surface area contributed by atoms with Gasteiger partial charge < -0.3 is 9.80 Å². The fourth-order valence-corrected chi connectivity index (χ4v) is 4.22. The van der Waals surface area contributed by atoms with Gasteiger partial charge in [0, 0.05) is 44.1 Å². The molecule has 33 heavy (non-hydrogen) atoms. The van der Waals surface area contributed by atoms with Crippen molar-refractivity contribution in [2.45, 2.75) is 6.42 Å². The third-order valence-corrected chi connectivity index (χ3v) is 5.85. The van der Waals surface area contributed by atoms with Crippen LogP contribution < -0.4 is 0 Å². The molecular weight excluding hydrogens is 417 g/mol. The second-order valence-corrected chi connectivity index (χ2v) is 8.18. The normalized spacial score (nSPS) is 16.4. The number of carbonyl (C=O) groups excluding carboxylic acids is 2. The van der Waals surface area contributed by atoms with Crippen LogP contribution in [-0.4, -0.2) is 52.8 Å². The highest BCUT2D eigenvalue weighted by Crippen LogP contribution is 2.23. The van der Waals surface area contributed by atoms with Crippen LogP contribution in [0.1, 0.15) is 15.9 Å². The fraction of sp³-hybridized carbons (Fsp3) is 0.222. The lowest BCUT2D eigenvalue weighted by Crippen LogP contribution is -2.38. The minimum Gasteiger partial charge on any atom is -0.337 e. The molecule has 0 radical (unpaired) electrons. The smallest absolute Gasteiger partial charge is 0.254 e. The van der Waals surface area contributed by atoms with Gasteiger partial charge in [-0.2, -0.15) is 0 Å². The molecule has 6 heteroatoms. The summed E-state index contributed by atoms with van der Waals surface area (Å²) in [5, 5.41) is 0. The third-order valence-electron chi connectivity index (χ3n) is 5.85. The van der Waals surface area contributed by atoms with Crippen LogP contribution in [0.4, 0.5) is 4.39 Å². The maximum absolute atomic E-state index is 13.7. The van der Waals surface area contributed by atoms with Crippen molar-refractivity contribution >= 4 is 11.8 Å². The van der Waals surface area contributed by atoms with E-state index in [9.17, 15) is 14.0 Å². The van der Waals surface area contributed by atoms with E-state index in [1.54, 1.807) is 34.3 Å². The molecule has 1 aliphatic heterocycles. The lowest BCUT2D eigenvalue weighted by atomic mass is 9.95. The molecule has 0 unspecified atom stereocenters. The minimum absolute atomic E-state index is 0.00350. The molecule has 1 aliphatic rings. The summed E-state index contributed by atoms with van der Waals surface area (Å²) < 4.78 is 13.7. The second-order valence-electron chi connectivity index (χ2n) is 8.18. The van der Waals surface area contributed by atoms with E-state index in [0.29, 0.717) is 26.1 Å². The van der Waals surface area contributed by atoms with Crippen molar-refractivity contribution in [1.29, 1.82) is 0 Å². The van der Waals surface area contributed by atoms with E-state index in [4.69, 9.17) is 0 Å². The van der Waals surface area contributed by atoms with Crippen molar-refractivity contribution in [1.82, 2.24) is 14.8 Å². The Labute approximate surface area is 193 Å². The number of hydrogen-bond donors (Lipinski definition) is 0. The topological polar surface area (TPSA) is 53.5 Å². The van der Waals surface area contributed by atoms with E-state index in [1.165, 1.54) is 18.2 Å². The van der Waals surface area contributed by atoms with Crippen molar-refractivity contribution < 1.29 is 14.0 Å². The molecule has 0 spiro atoms.